The topological polar surface area (TPSA) is 29.5 Å². The summed E-state index contributed by atoms with van der Waals surface area (Å²) >= 11 is 6.24. The van der Waals surface area contributed by atoms with Crippen molar-refractivity contribution >= 4 is 17.5 Å². The Kier molecular flexibility index (Phi) is 8.08. The van der Waals surface area contributed by atoms with Gasteiger partial charge in [0.15, 0.2) is 0 Å². The van der Waals surface area contributed by atoms with Crippen molar-refractivity contribution in [2.45, 2.75) is 53.4 Å². The molecule has 0 bridgehead atoms. The van der Waals surface area contributed by atoms with Crippen LogP contribution < -0.4 is 4.74 Å². The molecule has 24 heavy (non-hydrogen) atoms. The van der Waals surface area contributed by atoms with Gasteiger partial charge in [0.25, 0.3) is 5.91 Å². The van der Waals surface area contributed by atoms with Crippen molar-refractivity contribution in [2.24, 2.45) is 11.3 Å². The lowest BCUT2D eigenvalue weighted by Gasteiger charge is -2.29. The molecule has 1 unspecified atom stereocenters. The molecule has 1 rings (SSSR count). The molecule has 1 amide bonds. The highest BCUT2D eigenvalue weighted by Gasteiger charge is 2.23. The highest BCUT2D eigenvalue weighted by molar-refractivity contribution is 6.34. The standard InChI is InChI=1S/C20H32ClNO2/c1-7-9-15(8-2)13-20(3,4)14-24-16-10-11-17(18(21)12-16)19(23)22(5)6/h10-12,15H,7-9,13-14H2,1-6H3. The van der Waals surface area contributed by atoms with Crippen molar-refractivity contribution in [2.75, 3.05) is 20.7 Å². The first-order valence-corrected chi connectivity index (χ1v) is 9.22. The van der Waals surface area contributed by atoms with Gasteiger partial charge in [0, 0.05) is 14.1 Å². The Hall–Kier alpha value is -1.22. The maximum absolute atomic E-state index is 12.0. The monoisotopic (exact) mass is 353 g/mol. The normalized spacial score (nSPS) is 12.8. The van der Waals surface area contributed by atoms with Gasteiger partial charge < -0.3 is 9.64 Å². The third-order valence-corrected chi connectivity index (χ3v) is 4.63. The summed E-state index contributed by atoms with van der Waals surface area (Å²) in [5, 5.41) is 0.432. The van der Waals surface area contributed by atoms with E-state index in [0.29, 0.717) is 22.9 Å². The summed E-state index contributed by atoms with van der Waals surface area (Å²) in [5.41, 5.74) is 0.614. The van der Waals surface area contributed by atoms with Crippen LogP contribution in [-0.4, -0.2) is 31.5 Å². The van der Waals surface area contributed by atoms with Crippen LogP contribution in [0.25, 0.3) is 0 Å². The van der Waals surface area contributed by atoms with E-state index in [9.17, 15) is 4.79 Å². The summed E-state index contributed by atoms with van der Waals surface area (Å²) < 4.78 is 5.96. The van der Waals surface area contributed by atoms with Gasteiger partial charge in [-0.15, -0.1) is 0 Å². The SMILES string of the molecule is CCCC(CC)CC(C)(C)COc1ccc(C(=O)N(C)C)c(Cl)c1. The van der Waals surface area contributed by atoms with Gasteiger partial charge in [-0.25, -0.2) is 0 Å². The van der Waals surface area contributed by atoms with Crippen molar-refractivity contribution < 1.29 is 9.53 Å². The molecule has 0 aromatic heterocycles. The summed E-state index contributed by atoms with van der Waals surface area (Å²) in [5.74, 6) is 1.36. The number of carbonyl (C=O) groups excluding carboxylic acids is 1. The van der Waals surface area contributed by atoms with Crippen LogP contribution in [-0.2, 0) is 0 Å². The van der Waals surface area contributed by atoms with Gasteiger partial charge in [0.2, 0.25) is 0 Å². The molecule has 0 radical (unpaired) electrons. The van der Waals surface area contributed by atoms with Crippen molar-refractivity contribution in [1.82, 2.24) is 4.90 Å². The molecule has 1 aromatic carbocycles. The maximum Gasteiger partial charge on any atom is 0.254 e. The molecule has 1 atom stereocenters. The van der Waals surface area contributed by atoms with E-state index in [1.54, 1.807) is 26.2 Å². The molecule has 3 nitrogen and oxygen atoms in total. The molecule has 0 saturated heterocycles. The quantitative estimate of drug-likeness (QED) is 0.573. The molecule has 0 aliphatic heterocycles. The van der Waals surface area contributed by atoms with Gasteiger partial charge in [-0.05, 0) is 36.0 Å². The zero-order valence-corrected chi connectivity index (χ0v) is 16.7. The van der Waals surface area contributed by atoms with Crippen LogP contribution in [0.3, 0.4) is 0 Å². The van der Waals surface area contributed by atoms with Crippen LogP contribution in [0.4, 0.5) is 0 Å². The molecular formula is C20H32ClNO2. The van der Waals surface area contributed by atoms with Crippen molar-refractivity contribution in [3.63, 3.8) is 0 Å². The van der Waals surface area contributed by atoms with E-state index in [1.807, 2.05) is 6.07 Å². The first-order chi connectivity index (χ1) is 11.2. The number of rotatable bonds is 9. The Morgan fingerprint density at radius 2 is 1.96 bits per heavy atom. The fraction of sp³-hybridized carbons (Fsp3) is 0.650. The van der Waals surface area contributed by atoms with Gasteiger partial charge in [-0.3, -0.25) is 4.79 Å². The molecular weight excluding hydrogens is 322 g/mol. The number of hydrogen-bond donors (Lipinski definition) is 0. The lowest BCUT2D eigenvalue weighted by atomic mass is 9.80. The highest BCUT2D eigenvalue weighted by atomic mass is 35.5. The first kappa shape index (κ1) is 20.8. The van der Waals surface area contributed by atoms with E-state index < -0.39 is 0 Å². The molecule has 0 fully saturated rings. The van der Waals surface area contributed by atoms with Crippen LogP contribution in [0.2, 0.25) is 5.02 Å². The number of hydrogen-bond acceptors (Lipinski definition) is 2. The molecule has 0 aliphatic rings. The van der Waals surface area contributed by atoms with E-state index in [0.717, 1.165) is 12.3 Å². The molecule has 0 aliphatic carbocycles. The van der Waals surface area contributed by atoms with E-state index in [4.69, 9.17) is 16.3 Å². The smallest absolute Gasteiger partial charge is 0.254 e. The Morgan fingerprint density at radius 3 is 2.46 bits per heavy atom. The number of ether oxygens (including phenoxy) is 1. The second kappa shape index (κ2) is 9.31. The average Bonchev–Trinajstić information content (AvgIpc) is 2.51. The highest BCUT2D eigenvalue weighted by Crippen LogP contribution is 2.31. The van der Waals surface area contributed by atoms with Gasteiger partial charge in [0.05, 0.1) is 17.2 Å². The zero-order chi connectivity index (χ0) is 18.3. The number of halogens is 1. The largest absolute Gasteiger partial charge is 0.493 e. The maximum atomic E-state index is 12.0. The molecule has 136 valence electrons. The minimum Gasteiger partial charge on any atom is -0.493 e. The predicted octanol–water partition coefficient (Wildman–Crippen LogP) is 5.66. The Balaban J connectivity index is 2.70. The molecule has 0 spiro atoms. The van der Waals surface area contributed by atoms with Crippen LogP contribution in [0, 0.1) is 11.3 Å². The Labute approximate surface area is 152 Å². The molecule has 0 heterocycles. The lowest BCUT2D eigenvalue weighted by Crippen LogP contribution is -2.25. The average molecular weight is 354 g/mol. The third-order valence-electron chi connectivity index (χ3n) is 4.32. The van der Waals surface area contributed by atoms with Crippen LogP contribution >= 0.6 is 11.6 Å². The summed E-state index contributed by atoms with van der Waals surface area (Å²) in [6, 6.07) is 5.29. The predicted molar refractivity (Wildman–Crippen MR) is 102 cm³/mol. The number of carbonyl (C=O) groups is 1. The number of nitrogens with zero attached hydrogens (tertiary/aromatic N) is 1. The number of benzene rings is 1. The molecule has 0 N–H and O–H groups in total. The minimum absolute atomic E-state index is 0.0998. The van der Waals surface area contributed by atoms with Gasteiger partial charge in [-0.2, -0.15) is 0 Å². The van der Waals surface area contributed by atoms with Crippen LogP contribution in [0.15, 0.2) is 18.2 Å². The van der Waals surface area contributed by atoms with Crippen molar-refractivity contribution in [3.05, 3.63) is 28.8 Å². The van der Waals surface area contributed by atoms with Gasteiger partial charge >= 0.3 is 0 Å². The lowest BCUT2D eigenvalue weighted by molar-refractivity contribution is 0.0827. The summed E-state index contributed by atoms with van der Waals surface area (Å²) in [7, 11) is 3.43. The van der Waals surface area contributed by atoms with E-state index in [-0.39, 0.29) is 11.3 Å². The summed E-state index contributed by atoms with van der Waals surface area (Å²) in [6.07, 6.45) is 4.87. The summed E-state index contributed by atoms with van der Waals surface area (Å²) in [6.45, 7) is 9.64. The Bertz CT molecular complexity index is 540. The molecule has 1 aromatic rings. The minimum atomic E-state index is -0.0998. The second-order valence-electron chi connectivity index (χ2n) is 7.56. The molecule has 0 saturated carbocycles. The van der Waals surface area contributed by atoms with Crippen LogP contribution in [0.1, 0.15) is 63.7 Å². The first-order valence-electron chi connectivity index (χ1n) is 8.84. The Morgan fingerprint density at radius 1 is 1.29 bits per heavy atom. The van der Waals surface area contributed by atoms with Crippen LogP contribution in [0.5, 0.6) is 5.75 Å². The second-order valence-corrected chi connectivity index (χ2v) is 7.97. The fourth-order valence-electron chi connectivity index (χ4n) is 2.98. The van der Waals surface area contributed by atoms with Gasteiger partial charge in [0.1, 0.15) is 5.75 Å². The number of amides is 1. The van der Waals surface area contributed by atoms with Crippen molar-refractivity contribution in [3.8, 4) is 5.75 Å². The van der Waals surface area contributed by atoms with E-state index in [1.165, 1.54) is 24.2 Å². The van der Waals surface area contributed by atoms with Gasteiger partial charge in [-0.1, -0.05) is 58.6 Å². The fourth-order valence-corrected chi connectivity index (χ4v) is 3.23. The summed E-state index contributed by atoms with van der Waals surface area (Å²) in [4.78, 5) is 13.5. The van der Waals surface area contributed by atoms with E-state index in [2.05, 4.69) is 27.7 Å². The third kappa shape index (κ3) is 6.35. The van der Waals surface area contributed by atoms with E-state index >= 15 is 0 Å². The zero-order valence-electron chi connectivity index (χ0n) is 16.0. The van der Waals surface area contributed by atoms with Crippen molar-refractivity contribution in [1.29, 1.82) is 0 Å². The molecule has 4 heteroatoms.